The van der Waals surface area contributed by atoms with E-state index < -0.39 is 0 Å². The zero-order chi connectivity index (χ0) is 11.3. The standard InChI is InChI=1S/C11H18N2O2/c1-4-15-11-7-5-6-10(12-11)13(3)8-9(2)14/h5-7,9,14H,4,8H2,1-3H3. The maximum Gasteiger partial charge on any atom is 0.215 e. The third-order valence-electron chi connectivity index (χ3n) is 1.93. The van der Waals surface area contributed by atoms with Crippen molar-refractivity contribution in [3.8, 4) is 5.88 Å². The minimum atomic E-state index is -0.368. The molecule has 15 heavy (non-hydrogen) atoms. The molecule has 1 unspecified atom stereocenters. The molecular weight excluding hydrogens is 192 g/mol. The molecule has 1 aromatic rings. The SMILES string of the molecule is CCOc1cccc(N(C)CC(C)O)n1. The van der Waals surface area contributed by atoms with Gasteiger partial charge in [-0.15, -0.1) is 0 Å². The molecule has 0 radical (unpaired) electrons. The van der Waals surface area contributed by atoms with Gasteiger partial charge in [0.1, 0.15) is 5.82 Å². The first kappa shape index (κ1) is 11.8. The van der Waals surface area contributed by atoms with Gasteiger partial charge in [-0.25, -0.2) is 0 Å². The minimum Gasteiger partial charge on any atom is -0.478 e. The summed E-state index contributed by atoms with van der Waals surface area (Å²) in [4.78, 5) is 6.20. The van der Waals surface area contributed by atoms with Gasteiger partial charge in [0.25, 0.3) is 0 Å². The van der Waals surface area contributed by atoms with E-state index in [1.807, 2.05) is 37.1 Å². The largest absolute Gasteiger partial charge is 0.478 e. The number of aliphatic hydroxyl groups excluding tert-OH is 1. The quantitative estimate of drug-likeness (QED) is 0.795. The molecular formula is C11H18N2O2. The third-order valence-corrected chi connectivity index (χ3v) is 1.93. The number of aromatic nitrogens is 1. The van der Waals surface area contributed by atoms with Crippen molar-refractivity contribution in [2.75, 3.05) is 25.1 Å². The van der Waals surface area contributed by atoms with Gasteiger partial charge in [-0.1, -0.05) is 6.07 Å². The second-order valence-electron chi connectivity index (χ2n) is 3.50. The van der Waals surface area contributed by atoms with Crippen molar-refractivity contribution in [2.24, 2.45) is 0 Å². The van der Waals surface area contributed by atoms with Gasteiger partial charge >= 0.3 is 0 Å². The highest BCUT2D eigenvalue weighted by Crippen LogP contribution is 2.14. The Bertz CT molecular complexity index is 302. The van der Waals surface area contributed by atoms with Crippen molar-refractivity contribution < 1.29 is 9.84 Å². The predicted octanol–water partition coefficient (Wildman–Crippen LogP) is 1.30. The van der Waals surface area contributed by atoms with Crippen LogP contribution in [0.15, 0.2) is 18.2 Å². The minimum absolute atomic E-state index is 0.368. The molecule has 0 bridgehead atoms. The van der Waals surface area contributed by atoms with Crippen molar-refractivity contribution in [1.82, 2.24) is 4.98 Å². The topological polar surface area (TPSA) is 45.6 Å². The van der Waals surface area contributed by atoms with E-state index in [1.165, 1.54) is 0 Å². The van der Waals surface area contributed by atoms with Crippen molar-refractivity contribution in [3.63, 3.8) is 0 Å². The van der Waals surface area contributed by atoms with Gasteiger partial charge < -0.3 is 14.7 Å². The molecule has 1 N–H and O–H groups in total. The van der Waals surface area contributed by atoms with Gasteiger partial charge in [-0.05, 0) is 19.9 Å². The Kier molecular flexibility index (Phi) is 4.37. The van der Waals surface area contributed by atoms with Crippen molar-refractivity contribution in [1.29, 1.82) is 0 Å². The molecule has 84 valence electrons. The van der Waals surface area contributed by atoms with Crippen LogP contribution < -0.4 is 9.64 Å². The lowest BCUT2D eigenvalue weighted by Gasteiger charge is -2.20. The predicted molar refractivity (Wildman–Crippen MR) is 60.4 cm³/mol. The van der Waals surface area contributed by atoms with Gasteiger partial charge in [0, 0.05) is 19.7 Å². The van der Waals surface area contributed by atoms with E-state index in [1.54, 1.807) is 6.92 Å². The lowest BCUT2D eigenvalue weighted by Crippen LogP contribution is -2.27. The highest BCUT2D eigenvalue weighted by atomic mass is 16.5. The lowest BCUT2D eigenvalue weighted by atomic mass is 10.3. The number of anilines is 1. The van der Waals surface area contributed by atoms with Crippen LogP contribution in [-0.4, -0.2) is 36.4 Å². The van der Waals surface area contributed by atoms with Crippen molar-refractivity contribution in [2.45, 2.75) is 20.0 Å². The summed E-state index contributed by atoms with van der Waals surface area (Å²) in [6.45, 7) is 4.84. The molecule has 0 aliphatic rings. The van der Waals surface area contributed by atoms with Gasteiger partial charge in [0.15, 0.2) is 0 Å². The molecule has 0 amide bonds. The van der Waals surface area contributed by atoms with Crippen LogP contribution in [0.5, 0.6) is 5.88 Å². The number of aliphatic hydroxyl groups is 1. The average molecular weight is 210 g/mol. The summed E-state index contributed by atoms with van der Waals surface area (Å²) in [6.07, 6.45) is -0.368. The number of ether oxygens (including phenoxy) is 1. The highest BCUT2D eigenvalue weighted by Gasteiger charge is 2.06. The first-order valence-electron chi connectivity index (χ1n) is 5.12. The molecule has 4 heteroatoms. The third kappa shape index (κ3) is 3.75. The molecule has 0 aliphatic heterocycles. The monoisotopic (exact) mass is 210 g/mol. The summed E-state index contributed by atoms with van der Waals surface area (Å²) in [5.41, 5.74) is 0. The molecule has 1 aromatic heterocycles. The number of likely N-dealkylation sites (N-methyl/N-ethyl adjacent to an activating group) is 1. The lowest BCUT2D eigenvalue weighted by molar-refractivity contribution is 0.201. The molecule has 0 aliphatic carbocycles. The summed E-state index contributed by atoms with van der Waals surface area (Å²) in [5, 5.41) is 9.26. The second-order valence-corrected chi connectivity index (χ2v) is 3.50. The fraction of sp³-hybridized carbons (Fsp3) is 0.545. The Morgan fingerprint density at radius 2 is 2.27 bits per heavy atom. The maximum atomic E-state index is 9.26. The summed E-state index contributed by atoms with van der Waals surface area (Å²) in [7, 11) is 1.89. The number of hydrogen-bond acceptors (Lipinski definition) is 4. The zero-order valence-corrected chi connectivity index (χ0v) is 9.47. The zero-order valence-electron chi connectivity index (χ0n) is 9.47. The molecule has 0 saturated heterocycles. The maximum absolute atomic E-state index is 9.26. The van der Waals surface area contributed by atoms with Crippen LogP contribution in [0.25, 0.3) is 0 Å². The van der Waals surface area contributed by atoms with E-state index in [9.17, 15) is 5.11 Å². The highest BCUT2D eigenvalue weighted by molar-refractivity contribution is 5.39. The van der Waals surface area contributed by atoms with Crippen LogP contribution in [0.2, 0.25) is 0 Å². The first-order valence-corrected chi connectivity index (χ1v) is 5.12. The molecule has 0 fully saturated rings. The van der Waals surface area contributed by atoms with Crippen LogP contribution in [0.1, 0.15) is 13.8 Å². The van der Waals surface area contributed by atoms with Crippen LogP contribution >= 0.6 is 0 Å². The second kappa shape index (κ2) is 5.56. The van der Waals surface area contributed by atoms with Crippen LogP contribution in [0.4, 0.5) is 5.82 Å². The molecule has 4 nitrogen and oxygen atoms in total. The number of nitrogens with zero attached hydrogens (tertiary/aromatic N) is 2. The van der Waals surface area contributed by atoms with Crippen LogP contribution in [0, 0.1) is 0 Å². The fourth-order valence-corrected chi connectivity index (χ4v) is 1.33. The Morgan fingerprint density at radius 3 is 2.87 bits per heavy atom. The number of rotatable bonds is 5. The van der Waals surface area contributed by atoms with Gasteiger partial charge in [0.2, 0.25) is 5.88 Å². The molecule has 1 rings (SSSR count). The van der Waals surface area contributed by atoms with Gasteiger partial charge in [-0.2, -0.15) is 4.98 Å². The van der Waals surface area contributed by atoms with E-state index in [-0.39, 0.29) is 6.10 Å². The fourth-order valence-electron chi connectivity index (χ4n) is 1.33. The van der Waals surface area contributed by atoms with E-state index in [0.29, 0.717) is 19.0 Å². The van der Waals surface area contributed by atoms with Crippen molar-refractivity contribution >= 4 is 5.82 Å². The Balaban J connectivity index is 2.71. The summed E-state index contributed by atoms with van der Waals surface area (Å²) >= 11 is 0. The average Bonchev–Trinajstić information content (AvgIpc) is 2.17. The normalized spacial score (nSPS) is 12.3. The Hall–Kier alpha value is -1.29. The molecule has 0 saturated carbocycles. The smallest absolute Gasteiger partial charge is 0.215 e. The van der Waals surface area contributed by atoms with E-state index >= 15 is 0 Å². The van der Waals surface area contributed by atoms with Gasteiger partial charge in [-0.3, -0.25) is 0 Å². The van der Waals surface area contributed by atoms with E-state index in [4.69, 9.17) is 4.74 Å². The molecule has 0 spiro atoms. The Labute approximate surface area is 90.5 Å². The molecule has 1 heterocycles. The van der Waals surface area contributed by atoms with Crippen molar-refractivity contribution in [3.05, 3.63) is 18.2 Å². The molecule has 1 atom stereocenters. The first-order chi connectivity index (χ1) is 7.13. The van der Waals surface area contributed by atoms with Crippen LogP contribution in [0.3, 0.4) is 0 Å². The van der Waals surface area contributed by atoms with Gasteiger partial charge in [0.05, 0.1) is 12.7 Å². The van der Waals surface area contributed by atoms with E-state index in [0.717, 1.165) is 5.82 Å². The van der Waals surface area contributed by atoms with E-state index in [2.05, 4.69) is 4.98 Å². The summed E-state index contributed by atoms with van der Waals surface area (Å²) in [5.74, 6) is 1.43. The summed E-state index contributed by atoms with van der Waals surface area (Å²) in [6, 6.07) is 5.61. The van der Waals surface area contributed by atoms with Crippen LogP contribution in [-0.2, 0) is 0 Å². The Morgan fingerprint density at radius 1 is 1.53 bits per heavy atom. The number of hydrogen-bond donors (Lipinski definition) is 1. The molecule has 0 aromatic carbocycles. The summed E-state index contributed by atoms with van der Waals surface area (Å²) < 4.78 is 5.30. The number of pyridine rings is 1.